The van der Waals surface area contributed by atoms with Crippen LogP contribution < -0.4 is 10.5 Å². The Labute approximate surface area is 192 Å². The van der Waals surface area contributed by atoms with Crippen molar-refractivity contribution < 1.29 is 17.9 Å². The Hall–Kier alpha value is -3.24. The number of aromatic nitrogens is 3. The van der Waals surface area contributed by atoms with Gasteiger partial charge in [-0.05, 0) is 23.8 Å². The molecule has 0 radical (unpaired) electrons. The third kappa shape index (κ3) is 4.00. The van der Waals surface area contributed by atoms with Crippen molar-refractivity contribution in [2.75, 3.05) is 31.2 Å². The van der Waals surface area contributed by atoms with Crippen molar-refractivity contribution >= 4 is 29.5 Å². The average Bonchev–Trinajstić information content (AvgIpc) is 3.17. The molecule has 0 aliphatic carbocycles. The normalized spacial score (nSPS) is 14.2. The number of hydrogen-bond acceptors (Lipinski definition) is 5. The first kappa shape index (κ1) is 21.6. The molecule has 6 nitrogen and oxygen atoms in total. The van der Waals surface area contributed by atoms with Crippen LogP contribution in [0.25, 0.3) is 22.2 Å². The molecule has 3 aromatic heterocycles. The van der Waals surface area contributed by atoms with Gasteiger partial charge in [-0.15, -0.1) is 0 Å². The number of fused-ring (bicyclic) bond motifs is 1. The van der Waals surface area contributed by atoms with E-state index in [2.05, 4.69) is 22.7 Å². The number of benzene rings is 1. The van der Waals surface area contributed by atoms with Gasteiger partial charge in [0.1, 0.15) is 0 Å². The largest absolute Gasteiger partial charge is 0.378 e. The zero-order valence-electron chi connectivity index (χ0n) is 17.3. The number of ether oxygens (including phenoxy) is 1. The third-order valence-electron chi connectivity index (χ3n) is 5.75. The zero-order chi connectivity index (χ0) is 23.1. The quantitative estimate of drug-likeness (QED) is 0.362. The maximum absolute atomic E-state index is 14.0. The fourth-order valence-electron chi connectivity index (χ4n) is 3.98. The van der Waals surface area contributed by atoms with Gasteiger partial charge >= 0.3 is 0 Å². The van der Waals surface area contributed by atoms with Gasteiger partial charge in [-0.1, -0.05) is 18.9 Å². The van der Waals surface area contributed by atoms with Crippen LogP contribution in [0.3, 0.4) is 0 Å². The van der Waals surface area contributed by atoms with Gasteiger partial charge in [0.05, 0.1) is 31.6 Å². The molecule has 0 atom stereocenters. The van der Waals surface area contributed by atoms with Gasteiger partial charge in [0, 0.05) is 48.1 Å². The molecule has 0 unspecified atom stereocenters. The van der Waals surface area contributed by atoms with Gasteiger partial charge < -0.3 is 14.2 Å². The molecule has 1 aliphatic heterocycles. The Balaban J connectivity index is 1.50. The monoisotopic (exact) mass is 472 g/mol. The number of thiol groups is 1. The smallest absolute Gasteiger partial charge is 0.251 e. The van der Waals surface area contributed by atoms with E-state index in [1.54, 1.807) is 22.4 Å². The van der Waals surface area contributed by atoms with Crippen molar-refractivity contribution in [3.8, 4) is 11.1 Å². The van der Waals surface area contributed by atoms with E-state index in [4.69, 9.17) is 4.74 Å². The summed E-state index contributed by atoms with van der Waals surface area (Å²) >= 11 is 4.45. The fraction of sp³-hybridized carbons (Fsp3) is 0.217. The van der Waals surface area contributed by atoms with Crippen LogP contribution in [0.15, 0.2) is 53.7 Å². The second-order valence-electron chi connectivity index (χ2n) is 7.77. The van der Waals surface area contributed by atoms with Gasteiger partial charge in [0.15, 0.2) is 23.1 Å². The summed E-state index contributed by atoms with van der Waals surface area (Å²) in [4.78, 5) is 19.5. The van der Waals surface area contributed by atoms with Crippen LogP contribution in [0.2, 0.25) is 0 Å². The maximum Gasteiger partial charge on any atom is 0.251 e. The molecule has 1 fully saturated rings. The van der Waals surface area contributed by atoms with Crippen LogP contribution in [0.1, 0.15) is 5.56 Å². The molecule has 0 spiro atoms. The summed E-state index contributed by atoms with van der Waals surface area (Å²) in [6, 6.07) is 7.11. The summed E-state index contributed by atoms with van der Waals surface area (Å²) in [7, 11) is 0. The van der Waals surface area contributed by atoms with Crippen LogP contribution in [-0.4, -0.2) is 39.8 Å². The topological polar surface area (TPSA) is 52.3 Å². The molecular weight excluding hydrogens is 453 g/mol. The van der Waals surface area contributed by atoms with E-state index in [0.29, 0.717) is 24.4 Å². The highest BCUT2D eigenvalue weighted by Gasteiger charge is 2.17. The Morgan fingerprint density at radius 2 is 1.85 bits per heavy atom. The van der Waals surface area contributed by atoms with Crippen molar-refractivity contribution in [2.24, 2.45) is 0 Å². The number of halogens is 3. The Bertz CT molecular complexity index is 1410. The molecule has 1 aliphatic rings. The van der Waals surface area contributed by atoms with Gasteiger partial charge in [-0.25, -0.2) is 18.2 Å². The number of morpholine rings is 1. The van der Waals surface area contributed by atoms with E-state index in [1.807, 2.05) is 6.07 Å². The van der Waals surface area contributed by atoms with Crippen molar-refractivity contribution in [3.05, 3.63) is 82.3 Å². The van der Waals surface area contributed by atoms with Crippen LogP contribution in [0.4, 0.5) is 18.9 Å². The molecule has 33 heavy (non-hydrogen) atoms. The van der Waals surface area contributed by atoms with E-state index in [0.717, 1.165) is 41.9 Å². The number of anilines is 1. The Morgan fingerprint density at radius 3 is 2.61 bits per heavy atom. The van der Waals surface area contributed by atoms with E-state index in [-0.39, 0.29) is 12.1 Å². The number of rotatable bonds is 4. The SMILES string of the molecule is O=c1cc(-c2cn(S)c3ncc(N4CCOCC4)cc23)ccn1Cc1ccc(F)c(F)c1F. The number of nitrogens with zero attached hydrogens (tertiary/aromatic N) is 4. The molecule has 0 amide bonds. The number of pyridine rings is 2. The molecule has 4 aromatic rings. The van der Waals surface area contributed by atoms with Crippen molar-refractivity contribution in [2.45, 2.75) is 6.54 Å². The predicted octanol–water partition coefficient (Wildman–Crippen LogP) is 3.86. The molecule has 0 saturated carbocycles. The van der Waals surface area contributed by atoms with Crippen LogP contribution >= 0.6 is 12.8 Å². The minimum absolute atomic E-state index is 0.116. The molecule has 1 aromatic carbocycles. The summed E-state index contributed by atoms with van der Waals surface area (Å²) in [6.07, 6.45) is 5.07. The summed E-state index contributed by atoms with van der Waals surface area (Å²) < 4.78 is 49.0. The van der Waals surface area contributed by atoms with Crippen molar-refractivity contribution in [1.82, 2.24) is 13.5 Å². The van der Waals surface area contributed by atoms with Crippen LogP contribution in [0.5, 0.6) is 0 Å². The number of hydrogen-bond donors (Lipinski definition) is 1. The molecular formula is C23H19F3N4O2S. The van der Waals surface area contributed by atoms with Crippen molar-refractivity contribution in [1.29, 1.82) is 0 Å². The third-order valence-corrected chi connectivity index (χ3v) is 6.05. The summed E-state index contributed by atoms with van der Waals surface area (Å²) in [6.45, 7) is 2.60. The Morgan fingerprint density at radius 1 is 1.06 bits per heavy atom. The van der Waals surface area contributed by atoms with Gasteiger partial charge in [-0.2, -0.15) is 0 Å². The highest BCUT2D eigenvalue weighted by Crippen LogP contribution is 2.32. The van der Waals surface area contributed by atoms with Gasteiger partial charge in [0.2, 0.25) is 0 Å². The molecule has 1 saturated heterocycles. The molecule has 0 N–H and O–H groups in total. The van der Waals surface area contributed by atoms with E-state index in [1.165, 1.54) is 16.8 Å². The maximum atomic E-state index is 14.0. The minimum atomic E-state index is -1.55. The van der Waals surface area contributed by atoms with E-state index in [9.17, 15) is 18.0 Å². The summed E-state index contributed by atoms with van der Waals surface area (Å²) in [5.41, 5.74) is 2.49. The summed E-state index contributed by atoms with van der Waals surface area (Å²) in [5, 5.41) is 0.831. The lowest BCUT2D eigenvalue weighted by Crippen LogP contribution is -2.36. The van der Waals surface area contributed by atoms with Gasteiger partial charge in [-0.3, -0.25) is 8.77 Å². The molecule has 0 bridgehead atoms. The molecule has 10 heteroatoms. The molecule has 4 heterocycles. The highest BCUT2D eigenvalue weighted by molar-refractivity contribution is 7.78. The fourth-order valence-corrected chi connectivity index (χ4v) is 4.26. The summed E-state index contributed by atoms with van der Waals surface area (Å²) in [5.74, 6) is -4.12. The highest BCUT2D eigenvalue weighted by atomic mass is 32.1. The molecule has 5 rings (SSSR count). The lowest BCUT2D eigenvalue weighted by molar-refractivity contribution is 0.122. The lowest BCUT2D eigenvalue weighted by atomic mass is 10.1. The van der Waals surface area contributed by atoms with Gasteiger partial charge in [0.25, 0.3) is 5.56 Å². The minimum Gasteiger partial charge on any atom is -0.378 e. The van der Waals surface area contributed by atoms with Crippen molar-refractivity contribution in [3.63, 3.8) is 0 Å². The van der Waals surface area contributed by atoms with E-state index >= 15 is 0 Å². The Kier molecular flexibility index (Phi) is 5.63. The zero-order valence-corrected chi connectivity index (χ0v) is 18.2. The predicted molar refractivity (Wildman–Crippen MR) is 122 cm³/mol. The van der Waals surface area contributed by atoms with Crippen LogP contribution in [-0.2, 0) is 11.3 Å². The second-order valence-corrected chi connectivity index (χ2v) is 8.20. The van der Waals surface area contributed by atoms with Crippen LogP contribution in [0, 0.1) is 17.5 Å². The first-order valence-corrected chi connectivity index (χ1v) is 10.7. The first-order chi connectivity index (χ1) is 15.9. The molecule has 170 valence electrons. The average molecular weight is 472 g/mol. The lowest BCUT2D eigenvalue weighted by Gasteiger charge is -2.28. The standard InChI is InChI=1S/C23H19F3N4O2S/c24-19-2-1-15(21(25)22(19)26)12-29-4-3-14(9-20(29)31)18-13-30(33)23-17(18)10-16(11-27-23)28-5-7-32-8-6-28/h1-4,9-11,13,33H,5-8,12H2. The second kappa shape index (κ2) is 8.60. The van der Waals surface area contributed by atoms with E-state index < -0.39 is 23.0 Å². The first-order valence-electron chi connectivity index (χ1n) is 10.3.